The second-order valence-electron chi connectivity index (χ2n) is 3.93. The minimum atomic E-state index is 0.881. The molecule has 0 amide bonds. The highest BCUT2D eigenvalue weighted by Crippen LogP contribution is 2.39. The van der Waals surface area contributed by atoms with Gasteiger partial charge >= 0.3 is 0 Å². The first-order valence-corrected chi connectivity index (χ1v) is 4.85. The third-order valence-corrected chi connectivity index (χ3v) is 3.06. The Morgan fingerprint density at radius 1 is 1.08 bits per heavy atom. The van der Waals surface area contributed by atoms with Gasteiger partial charge in [0, 0.05) is 0 Å². The molecular formula is C12H16. The molecule has 0 atom stereocenters. The minimum Gasteiger partial charge on any atom is -0.0617 e. The zero-order valence-electron chi connectivity index (χ0n) is 7.93. The molecule has 0 N–H and O–H groups in total. The molecule has 64 valence electrons. The lowest BCUT2D eigenvalue weighted by Crippen LogP contribution is -2.11. The Balaban J connectivity index is 2.39. The molecule has 12 heavy (non-hydrogen) atoms. The number of aryl methyl sites for hydroxylation is 2. The van der Waals surface area contributed by atoms with Crippen molar-refractivity contribution in [3.8, 4) is 0 Å². The van der Waals surface area contributed by atoms with Gasteiger partial charge in [0.25, 0.3) is 0 Å². The monoisotopic (exact) mass is 160 g/mol. The molecule has 1 aromatic rings. The summed E-state index contributed by atoms with van der Waals surface area (Å²) in [6, 6.07) is 6.63. The van der Waals surface area contributed by atoms with E-state index in [1.165, 1.54) is 30.4 Å². The van der Waals surface area contributed by atoms with E-state index in [2.05, 4.69) is 32.0 Å². The summed E-state index contributed by atoms with van der Waals surface area (Å²) < 4.78 is 0. The highest BCUT2D eigenvalue weighted by atomic mass is 14.3. The van der Waals surface area contributed by atoms with Crippen molar-refractivity contribution in [3.05, 3.63) is 34.9 Å². The normalized spacial score (nSPS) is 17.5. The van der Waals surface area contributed by atoms with Gasteiger partial charge in [-0.25, -0.2) is 0 Å². The Bertz CT molecular complexity index is 262. The van der Waals surface area contributed by atoms with Crippen molar-refractivity contribution in [2.45, 2.75) is 39.0 Å². The molecule has 0 aliphatic heterocycles. The van der Waals surface area contributed by atoms with E-state index in [1.807, 2.05) is 0 Å². The molecule has 0 nitrogen and oxygen atoms in total. The van der Waals surface area contributed by atoms with Gasteiger partial charge in [0.1, 0.15) is 0 Å². The van der Waals surface area contributed by atoms with Crippen LogP contribution in [-0.4, -0.2) is 0 Å². The Morgan fingerprint density at radius 3 is 2.08 bits per heavy atom. The molecule has 0 heteroatoms. The first-order valence-electron chi connectivity index (χ1n) is 4.85. The Morgan fingerprint density at radius 2 is 1.67 bits per heavy atom. The summed E-state index contributed by atoms with van der Waals surface area (Å²) in [4.78, 5) is 0. The van der Waals surface area contributed by atoms with Crippen LogP contribution in [0.2, 0.25) is 0 Å². The maximum absolute atomic E-state index is 2.24. The predicted octanol–water partition coefficient (Wildman–Crippen LogP) is 3.57. The van der Waals surface area contributed by atoms with Crippen LogP contribution in [-0.2, 0) is 0 Å². The van der Waals surface area contributed by atoms with Gasteiger partial charge in [-0.3, -0.25) is 0 Å². The van der Waals surface area contributed by atoms with Crippen LogP contribution in [0.15, 0.2) is 18.2 Å². The van der Waals surface area contributed by atoms with E-state index >= 15 is 0 Å². The number of benzene rings is 1. The summed E-state index contributed by atoms with van der Waals surface area (Å²) in [5, 5.41) is 0. The van der Waals surface area contributed by atoms with Gasteiger partial charge in [-0.15, -0.1) is 0 Å². The molecule has 0 unspecified atom stereocenters. The molecule has 0 aromatic heterocycles. The van der Waals surface area contributed by atoms with Gasteiger partial charge in [0.05, 0.1) is 0 Å². The van der Waals surface area contributed by atoms with Crippen LogP contribution in [0, 0.1) is 13.8 Å². The third kappa shape index (κ3) is 1.16. The standard InChI is InChI=1S/C12H16/c1-9-5-3-6-10(2)12(9)11-7-4-8-11/h3,5-6,11H,4,7-8H2,1-2H3. The van der Waals surface area contributed by atoms with E-state index in [-0.39, 0.29) is 0 Å². The fourth-order valence-electron chi connectivity index (χ4n) is 2.17. The zero-order valence-corrected chi connectivity index (χ0v) is 7.93. The number of hydrogen-bond acceptors (Lipinski definition) is 0. The molecule has 1 aromatic carbocycles. The summed E-state index contributed by atoms with van der Waals surface area (Å²) in [7, 11) is 0. The van der Waals surface area contributed by atoms with Crippen molar-refractivity contribution in [1.29, 1.82) is 0 Å². The van der Waals surface area contributed by atoms with Crippen molar-refractivity contribution < 1.29 is 0 Å². The van der Waals surface area contributed by atoms with E-state index in [0.29, 0.717) is 0 Å². The Hall–Kier alpha value is -0.780. The quantitative estimate of drug-likeness (QED) is 0.589. The van der Waals surface area contributed by atoms with Crippen LogP contribution in [0.5, 0.6) is 0 Å². The fraction of sp³-hybridized carbons (Fsp3) is 0.500. The molecule has 2 rings (SSSR count). The van der Waals surface area contributed by atoms with Crippen LogP contribution in [0.1, 0.15) is 41.9 Å². The van der Waals surface area contributed by atoms with E-state index in [9.17, 15) is 0 Å². The van der Waals surface area contributed by atoms with Crippen molar-refractivity contribution in [3.63, 3.8) is 0 Å². The van der Waals surface area contributed by atoms with Crippen LogP contribution in [0.25, 0.3) is 0 Å². The van der Waals surface area contributed by atoms with Gasteiger partial charge in [-0.1, -0.05) is 24.6 Å². The van der Waals surface area contributed by atoms with Gasteiger partial charge in [-0.2, -0.15) is 0 Å². The zero-order chi connectivity index (χ0) is 8.55. The van der Waals surface area contributed by atoms with E-state index in [4.69, 9.17) is 0 Å². The molecule has 1 aliphatic rings. The molecule has 0 heterocycles. The summed E-state index contributed by atoms with van der Waals surface area (Å²) in [6.07, 6.45) is 4.25. The Kier molecular flexibility index (Phi) is 1.92. The van der Waals surface area contributed by atoms with Crippen LogP contribution in [0.4, 0.5) is 0 Å². The van der Waals surface area contributed by atoms with E-state index in [0.717, 1.165) is 5.92 Å². The lowest BCUT2D eigenvalue weighted by Gasteiger charge is -2.28. The van der Waals surface area contributed by atoms with E-state index < -0.39 is 0 Å². The first kappa shape index (κ1) is 7.85. The largest absolute Gasteiger partial charge is 0.0617 e. The summed E-state index contributed by atoms with van der Waals surface area (Å²) in [6.45, 7) is 4.47. The van der Waals surface area contributed by atoms with Crippen molar-refractivity contribution in [1.82, 2.24) is 0 Å². The summed E-state index contributed by atoms with van der Waals surface area (Å²) in [5.74, 6) is 0.881. The third-order valence-electron chi connectivity index (χ3n) is 3.06. The molecule has 0 spiro atoms. The maximum Gasteiger partial charge on any atom is -0.0157 e. The average molecular weight is 160 g/mol. The molecule has 0 radical (unpaired) electrons. The van der Waals surface area contributed by atoms with Gasteiger partial charge < -0.3 is 0 Å². The second-order valence-corrected chi connectivity index (χ2v) is 3.93. The molecule has 1 saturated carbocycles. The number of rotatable bonds is 1. The molecule has 1 aliphatic carbocycles. The highest BCUT2D eigenvalue weighted by molar-refractivity contribution is 5.37. The average Bonchev–Trinajstić information content (AvgIpc) is 1.93. The summed E-state index contributed by atoms with van der Waals surface area (Å²) in [5.41, 5.74) is 4.60. The van der Waals surface area contributed by atoms with Gasteiger partial charge in [0.15, 0.2) is 0 Å². The van der Waals surface area contributed by atoms with Crippen LogP contribution < -0.4 is 0 Å². The van der Waals surface area contributed by atoms with Crippen molar-refractivity contribution in [2.75, 3.05) is 0 Å². The molecule has 1 fully saturated rings. The van der Waals surface area contributed by atoms with Crippen LogP contribution in [0.3, 0.4) is 0 Å². The lowest BCUT2D eigenvalue weighted by atomic mass is 9.77. The first-order chi connectivity index (χ1) is 5.79. The molecule has 0 saturated heterocycles. The van der Waals surface area contributed by atoms with Crippen molar-refractivity contribution in [2.24, 2.45) is 0 Å². The topological polar surface area (TPSA) is 0 Å². The fourth-order valence-corrected chi connectivity index (χ4v) is 2.17. The minimum absolute atomic E-state index is 0.881. The van der Waals surface area contributed by atoms with Gasteiger partial charge in [-0.05, 0) is 49.3 Å². The second kappa shape index (κ2) is 2.93. The number of hydrogen-bond donors (Lipinski definition) is 0. The highest BCUT2D eigenvalue weighted by Gasteiger charge is 2.21. The SMILES string of the molecule is Cc1cccc(C)c1C1CCC1. The molecular weight excluding hydrogens is 144 g/mol. The summed E-state index contributed by atoms with van der Waals surface area (Å²) >= 11 is 0. The van der Waals surface area contributed by atoms with Gasteiger partial charge in [0.2, 0.25) is 0 Å². The maximum atomic E-state index is 2.24. The van der Waals surface area contributed by atoms with E-state index in [1.54, 1.807) is 5.56 Å². The lowest BCUT2D eigenvalue weighted by molar-refractivity contribution is 0.416. The Labute approximate surface area is 74.6 Å². The van der Waals surface area contributed by atoms with Crippen molar-refractivity contribution >= 4 is 0 Å². The van der Waals surface area contributed by atoms with Crippen LogP contribution >= 0.6 is 0 Å². The predicted molar refractivity (Wildman–Crippen MR) is 52.5 cm³/mol. The molecule has 0 bridgehead atoms. The smallest absolute Gasteiger partial charge is 0.0157 e.